The molecule has 1 aliphatic carbocycles. The van der Waals surface area contributed by atoms with E-state index in [0.717, 1.165) is 47.5 Å². The van der Waals surface area contributed by atoms with Gasteiger partial charge in [-0.2, -0.15) is 0 Å². The SMILES string of the molecule is Cc1cccc(CN(C(=O)CN(c2ccc(Cl)c(Cl)c2)S(=O)(=O)c2ccccc2)C(C)C(=O)NC2CCCCC2)c1. The summed E-state index contributed by atoms with van der Waals surface area (Å²) >= 11 is 12.4. The van der Waals surface area contributed by atoms with Gasteiger partial charge in [0.2, 0.25) is 11.8 Å². The number of hydrogen-bond donors (Lipinski definition) is 1. The molecule has 1 aliphatic rings. The Balaban J connectivity index is 1.68. The summed E-state index contributed by atoms with van der Waals surface area (Å²) in [6, 6.07) is 19.2. The van der Waals surface area contributed by atoms with Crippen LogP contribution in [0.4, 0.5) is 5.69 Å². The molecule has 3 aromatic carbocycles. The second-order valence-electron chi connectivity index (χ2n) is 10.5. The van der Waals surface area contributed by atoms with Crippen LogP contribution in [0.5, 0.6) is 0 Å². The van der Waals surface area contributed by atoms with Crippen LogP contribution in [0.1, 0.15) is 50.2 Å². The molecule has 1 atom stereocenters. The predicted octanol–water partition coefficient (Wildman–Crippen LogP) is 6.36. The first-order valence-corrected chi connectivity index (χ1v) is 15.9. The van der Waals surface area contributed by atoms with E-state index in [0.29, 0.717) is 0 Å². The average molecular weight is 617 g/mol. The lowest BCUT2D eigenvalue weighted by Crippen LogP contribution is -2.53. The maximum Gasteiger partial charge on any atom is 0.264 e. The number of rotatable bonds is 10. The summed E-state index contributed by atoms with van der Waals surface area (Å²) in [4.78, 5) is 28.9. The number of hydrogen-bond acceptors (Lipinski definition) is 4. The maximum atomic E-state index is 14.1. The summed E-state index contributed by atoms with van der Waals surface area (Å²) in [6.07, 6.45) is 5.08. The van der Waals surface area contributed by atoms with Crippen LogP contribution in [-0.2, 0) is 26.2 Å². The number of halogens is 2. The third-order valence-corrected chi connectivity index (χ3v) is 9.88. The van der Waals surface area contributed by atoms with E-state index in [1.807, 2.05) is 31.2 Å². The molecule has 0 heterocycles. The van der Waals surface area contributed by atoms with Crippen LogP contribution in [0.3, 0.4) is 0 Å². The molecule has 1 unspecified atom stereocenters. The molecule has 4 rings (SSSR count). The molecule has 0 bridgehead atoms. The normalized spacial score (nSPS) is 14.7. The Bertz CT molecular complexity index is 1480. The van der Waals surface area contributed by atoms with E-state index >= 15 is 0 Å². The molecule has 218 valence electrons. The van der Waals surface area contributed by atoms with Crippen LogP contribution in [0.15, 0.2) is 77.7 Å². The molecule has 0 aromatic heterocycles. The number of aryl methyl sites for hydroxylation is 1. The molecule has 2 amide bonds. The van der Waals surface area contributed by atoms with Crippen molar-refractivity contribution in [1.29, 1.82) is 0 Å². The fourth-order valence-electron chi connectivity index (χ4n) is 5.05. The lowest BCUT2D eigenvalue weighted by atomic mass is 9.95. The number of anilines is 1. The van der Waals surface area contributed by atoms with Crippen LogP contribution in [0.2, 0.25) is 10.0 Å². The van der Waals surface area contributed by atoms with Crippen molar-refractivity contribution >= 4 is 50.7 Å². The molecule has 1 saturated carbocycles. The van der Waals surface area contributed by atoms with Crippen molar-refractivity contribution in [1.82, 2.24) is 10.2 Å². The van der Waals surface area contributed by atoms with E-state index < -0.39 is 28.5 Å². The van der Waals surface area contributed by atoms with E-state index in [4.69, 9.17) is 23.2 Å². The van der Waals surface area contributed by atoms with Crippen molar-refractivity contribution in [2.24, 2.45) is 0 Å². The second-order valence-corrected chi connectivity index (χ2v) is 13.1. The topological polar surface area (TPSA) is 86.8 Å². The van der Waals surface area contributed by atoms with Gasteiger partial charge in [-0.15, -0.1) is 0 Å². The van der Waals surface area contributed by atoms with Gasteiger partial charge in [0, 0.05) is 12.6 Å². The standard InChI is InChI=1S/C31H35Cl2N3O4S/c1-22-10-9-11-24(18-22)20-35(23(2)31(38)34-25-12-5-3-6-13-25)30(37)21-36(26-16-17-28(32)29(33)19-26)41(39,40)27-14-7-4-8-15-27/h4,7-11,14-19,23,25H,3,5-6,12-13,20-21H2,1-2H3,(H,34,38). The van der Waals surface area contributed by atoms with Gasteiger partial charge in [-0.25, -0.2) is 8.42 Å². The summed E-state index contributed by atoms with van der Waals surface area (Å²) < 4.78 is 28.7. The molecule has 1 N–H and O–H groups in total. The largest absolute Gasteiger partial charge is 0.352 e. The highest BCUT2D eigenvalue weighted by molar-refractivity contribution is 7.92. The number of benzene rings is 3. The molecule has 0 spiro atoms. The van der Waals surface area contributed by atoms with Gasteiger partial charge < -0.3 is 10.2 Å². The van der Waals surface area contributed by atoms with E-state index in [2.05, 4.69) is 5.32 Å². The van der Waals surface area contributed by atoms with Crippen LogP contribution < -0.4 is 9.62 Å². The van der Waals surface area contributed by atoms with Gasteiger partial charge in [-0.1, -0.05) is 90.5 Å². The summed E-state index contributed by atoms with van der Waals surface area (Å²) in [5.74, 6) is -0.784. The summed E-state index contributed by atoms with van der Waals surface area (Å²) in [6.45, 7) is 3.23. The zero-order valence-electron chi connectivity index (χ0n) is 23.2. The quantitative estimate of drug-likeness (QED) is 0.287. The van der Waals surface area contributed by atoms with Gasteiger partial charge in [-0.05, 0) is 62.6 Å². The Morgan fingerprint density at radius 2 is 1.63 bits per heavy atom. The lowest BCUT2D eigenvalue weighted by Gasteiger charge is -2.33. The van der Waals surface area contributed by atoms with Gasteiger partial charge >= 0.3 is 0 Å². The van der Waals surface area contributed by atoms with Crippen molar-refractivity contribution in [2.75, 3.05) is 10.8 Å². The van der Waals surface area contributed by atoms with Crippen LogP contribution >= 0.6 is 23.2 Å². The number of carbonyl (C=O) groups excluding carboxylic acids is 2. The smallest absolute Gasteiger partial charge is 0.264 e. The molecule has 0 radical (unpaired) electrons. The summed E-state index contributed by atoms with van der Waals surface area (Å²) in [5.41, 5.74) is 2.03. The molecule has 0 aliphatic heterocycles. The fourth-order valence-corrected chi connectivity index (χ4v) is 6.77. The van der Waals surface area contributed by atoms with Gasteiger partial charge in [0.1, 0.15) is 12.6 Å². The molecule has 0 saturated heterocycles. The minimum absolute atomic E-state index is 0.0206. The summed E-state index contributed by atoms with van der Waals surface area (Å²) in [7, 11) is -4.18. The minimum atomic E-state index is -4.18. The number of nitrogens with zero attached hydrogens (tertiary/aromatic N) is 2. The van der Waals surface area contributed by atoms with Crippen molar-refractivity contribution in [3.05, 3.63) is 94.0 Å². The Kier molecular flexibility index (Phi) is 10.3. The Labute approximate surface area is 252 Å². The highest BCUT2D eigenvalue weighted by Crippen LogP contribution is 2.31. The maximum absolute atomic E-state index is 14.1. The molecular formula is C31H35Cl2N3O4S. The molecule has 7 nitrogen and oxygen atoms in total. The average Bonchev–Trinajstić information content (AvgIpc) is 2.96. The number of amides is 2. The first-order valence-electron chi connectivity index (χ1n) is 13.7. The van der Waals surface area contributed by atoms with Gasteiger partial charge in [0.15, 0.2) is 0 Å². The zero-order chi connectivity index (χ0) is 29.6. The van der Waals surface area contributed by atoms with E-state index in [9.17, 15) is 18.0 Å². The van der Waals surface area contributed by atoms with Crippen molar-refractivity contribution < 1.29 is 18.0 Å². The first-order chi connectivity index (χ1) is 19.6. The molecule has 41 heavy (non-hydrogen) atoms. The van der Waals surface area contributed by atoms with Crippen molar-refractivity contribution in [3.8, 4) is 0 Å². The molecule has 1 fully saturated rings. The highest BCUT2D eigenvalue weighted by Gasteiger charge is 2.33. The third-order valence-electron chi connectivity index (χ3n) is 7.36. The lowest BCUT2D eigenvalue weighted by molar-refractivity contribution is -0.139. The highest BCUT2D eigenvalue weighted by atomic mass is 35.5. The monoisotopic (exact) mass is 615 g/mol. The van der Waals surface area contributed by atoms with Gasteiger partial charge in [0.25, 0.3) is 10.0 Å². The number of nitrogens with one attached hydrogen (secondary N) is 1. The molecule has 3 aromatic rings. The first kappa shape index (κ1) is 30.9. The predicted molar refractivity (Wildman–Crippen MR) is 164 cm³/mol. The van der Waals surface area contributed by atoms with Gasteiger partial charge in [0.05, 0.1) is 20.6 Å². The Hall–Kier alpha value is -3.07. The van der Waals surface area contributed by atoms with E-state index in [-0.39, 0.29) is 39.1 Å². The summed E-state index contributed by atoms with van der Waals surface area (Å²) in [5, 5.41) is 3.52. The van der Waals surface area contributed by atoms with Crippen LogP contribution in [0.25, 0.3) is 0 Å². The number of carbonyl (C=O) groups is 2. The molecule has 10 heteroatoms. The zero-order valence-corrected chi connectivity index (χ0v) is 25.6. The van der Waals surface area contributed by atoms with E-state index in [1.54, 1.807) is 25.1 Å². The second kappa shape index (κ2) is 13.7. The van der Waals surface area contributed by atoms with E-state index in [1.165, 1.54) is 35.2 Å². The third kappa shape index (κ3) is 7.82. The van der Waals surface area contributed by atoms with Crippen molar-refractivity contribution in [2.45, 2.75) is 69.5 Å². The number of sulfonamides is 1. The van der Waals surface area contributed by atoms with Crippen LogP contribution in [-0.4, -0.2) is 43.8 Å². The Morgan fingerprint density at radius 1 is 0.927 bits per heavy atom. The fraction of sp³-hybridized carbons (Fsp3) is 0.355. The van der Waals surface area contributed by atoms with Gasteiger partial charge in [-0.3, -0.25) is 13.9 Å². The Morgan fingerprint density at radius 3 is 2.29 bits per heavy atom. The minimum Gasteiger partial charge on any atom is -0.352 e. The molecular weight excluding hydrogens is 581 g/mol. The van der Waals surface area contributed by atoms with Crippen molar-refractivity contribution in [3.63, 3.8) is 0 Å². The van der Waals surface area contributed by atoms with Crippen LogP contribution in [0, 0.1) is 6.92 Å².